The lowest BCUT2D eigenvalue weighted by Gasteiger charge is -2.23. The van der Waals surface area contributed by atoms with E-state index in [1.54, 1.807) is 24.1 Å². The zero-order chi connectivity index (χ0) is 18.1. The number of ether oxygens (including phenoxy) is 3. The first-order valence-electron chi connectivity index (χ1n) is 8.41. The first kappa shape index (κ1) is 19.2. The molecule has 1 amide bonds. The van der Waals surface area contributed by atoms with Crippen LogP contribution < -0.4 is 4.74 Å². The number of amides is 1. The first-order valence-corrected chi connectivity index (χ1v) is 8.41. The quantitative estimate of drug-likeness (QED) is 0.729. The molecule has 0 bridgehead atoms. The number of carbonyl (C=O) groups excluding carboxylic acids is 1. The molecule has 1 aliphatic heterocycles. The summed E-state index contributed by atoms with van der Waals surface area (Å²) in [5.41, 5.74) is 0.948. The van der Waals surface area contributed by atoms with Gasteiger partial charge in [0.15, 0.2) is 6.61 Å². The van der Waals surface area contributed by atoms with Crippen LogP contribution >= 0.6 is 0 Å². The number of hydrogen-bond acceptors (Lipinski definition) is 5. The second kappa shape index (κ2) is 10.0. The molecule has 138 valence electrons. The van der Waals surface area contributed by atoms with Crippen molar-refractivity contribution in [2.75, 3.05) is 33.5 Å². The fourth-order valence-electron chi connectivity index (χ4n) is 2.54. The van der Waals surface area contributed by atoms with Crippen molar-refractivity contribution in [3.8, 4) is 5.75 Å². The number of rotatable bonds is 9. The Balaban J connectivity index is 1.69. The monoisotopic (exact) mass is 351 g/mol. The average Bonchev–Trinajstić information content (AvgIpc) is 2.62. The van der Waals surface area contributed by atoms with Crippen LogP contribution in [-0.4, -0.2) is 61.5 Å². The van der Waals surface area contributed by atoms with Crippen LogP contribution in [0.2, 0.25) is 0 Å². The van der Waals surface area contributed by atoms with Crippen molar-refractivity contribution in [1.29, 1.82) is 0 Å². The molecule has 1 aromatic rings. The minimum Gasteiger partial charge on any atom is -0.482 e. The lowest BCUT2D eigenvalue weighted by Crippen LogP contribution is -2.29. The van der Waals surface area contributed by atoms with E-state index in [9.17, 15) is 9.59 Å². The van der Waals surface area contributed by atoms with Gasteiger partial charge in [0.25, 0.3) is 0 Å². The molecule has 0 atom stereocenters. The Hall–Kier alpha value is -2.12. The van der Waals surface area contributed by atoms with Gasteiger partial charge in [-0.1, -0.05) is 12.1 Å². The molecule has 7 heteroatoms. The van der Waals surface area contributed by atoms with E-state index in [0.29, 0.717) is 25.3 Å². The fraction of sp³-hybridized carbons (Fsp3) is 0.556. The highest BCUT2D eigenvalue weighted by atomic mass is 16.5. The molecule has 0 aromatic heterocycles. The zero-order valence-corrected chi connectivity index (χ0v) is 14.5. The highest BCUT2D eigenvalue weighted by Crippen LogP contribution is 2.14. The smallest absolute Gasteiger partial charge is 0.341 e. The van der Waals surface area contributed by atoms with Gasteiger partial charge in [-0.15, -0.1) is 0 Å². The van der Waals surface area contributed by atoms with E-state index in [0.717, 1.165) is 31.6 Å². The van der Waals surface area contributed by atoms with Gasteiger partial charge in [0.2, 0.25) is 5.91 Å². The number of benzene rings is 1. The third-order valence-electron chi connectivity index (χ3n) is 3.97. The first-order chi connectivity index (χ1) is 12.0. The predicted octanol–water partition coefficient (Wildman–Crippen LogP) is 1.69. The Kier molecular flexibility index (Phi) is 7.69. The number of carbonyl (C=O) groups is 2. The highest BCUT2D eigenvalue weighted by Gasteiger charge is 2.15. The lowest BCUT2D eigenvalue weighted by atomic mass is 10.1. The standard InChI is InChI=1S/C18H25NO6/c1-19(17(20)8-11-24-16-6-9-23-10-7-16)12-14-2-4-15(5-3-14)25-13-18(21)22/h2-5,16H,6-13H2,1H3,(H,21,22). The summed E-state index contributed by atoms with van der Waals surface area (Å²) in [5.74, 6) is -0.499. The zero-order valence-electron chi connectivity index (χ0n) is 14.5. The number of carboxylic acids is 1. The summed E-state index contributed by atoms with van der Waals surface area (Å²) in [6, 6.07) is 7.04. The molecule has 1 aliphatic rings. The molecule has 1 N–H and O–H groups in total. The molecule has 1 fully saturated rings. The molecule has 0 unspecified atom stereocenters. The van der Waals surface area contributed by atoms with Gasteiger partial charge in [0, 0.05) is 26.8 Å². The summed E-state index contributed by atoms with van der Waals surface area (Å²) in [6.45, 7) is 1.99. The minimum absolute atomic E-state index is 0.0262. The molecule has 0 spiro atoms. The van der Waals surface area contributed by atoms with Gasteiger partial charge in [0.05, 0.1) is 19.1 Å². The number of nitrogens with zero attached hydrogens (tertiary/aromatic N) is 1. The van der Waals surface area contributed by atoms with Crippen molar-refractivity contribution < 1.29 is 28.9 Å². The van der Waals surface area contributed by atoms with E-state index in [2.05, 4.69) is 0 Å². The van der Waals surface area contributed by atoms with Crippen molar-refractivity contribution in [2.24, 2.45) is 0 Å². The Morgan fingerprint density at radius 3 is 2.56 bits per heavy atom. The van der Waals surface area contributed by atoms with Crippen molar-refractivity contribution in [1.82, 2.24) is 4.90 Å². The molecule has 0 radical (unpaired) electrons. The number of hydrogen-bond donors (Lipinski definition) is 1. The van der Waals surface area contributed by atoms with Crippen molar-refractivity contribution in [3.63, 3.8) is 0 Å². The Morgan fingerprint density at radius 2 is 1.92 bits per heavy atom. The van der Waals surface area contributed by atoms with Crippen LogP contribution in [0.3, 0.4) is 0 Å². The number of aliphatic carboxylic acids is 1. The minimum atomic E-state index is -1.02. The van der Waals surface area contributed by atoms with Gasteiger partial charge in [-0.25, -0.2) is 4.79 Å². The van der Waals surface area contributed by atoms with Gasteiger partial charge in [-0.2, -0.15) is 0 Å². The van der Waals surface area contributed by atoms with Gasteiger partial charge in [-0.05, 0) is 30.5 Å². The van der Waals surface area contributed by atoms with Crippen molar-refractivity contribution in [3.05, 3.63) is 29.8 Å². The van der Waals surface area contributed by atoms with Gasteiger partial charge < -0.3 is 24.2 Å². The largest absolute Gasteiger partial charge is 0.482 e. The lowest BCUT2D eigenvalue weighted by molar-refractivity contribution is -0.139. The normalized spacial score (nSPS) is 14.9. The molecular formula is C18H25NO6. The van der Waals surface area contributed by atoms with Crippen LogP contribution in [0.25, 0.3) is 0 Å². The van der Waals surface area contributed by atoms with Crippen LogP contribution in [0.1, 0.15) is 24.8 Å². The van der Waals surface area contributed by atoms with E-state index < -0.39 is 5.97 Å². The van der Waals surface area contributed by atoms with E-state index >= 15 is 0 Å². The van der Waals surface area contributed by atoms with Gasteiger partial charge in [0.1, 0.15) is 5.75 Å². The number of carboxylic acid groups (broad SMARTS) is 1. The van der Waals surface area contributed by atoms with Crippen LogP contribution in [0, 0.1) is 0 Å². The summed E-state index contributed by atoms with van der Waals surface area (Å²) in [7, 11) is 1.76. The molecule has 7 nitrogen and oxygen atoms in total. The summed E-state index contributed by atoms with van der Waals surface area (Å²) in [5, 5.41) is 8.58. The van der Waals surface area contributed by atoms with E-state index in [1.165, 1.54) is 0 Å². The molecule has 1 aromatic carbocycles. The second-order valence-corrected chi connectivity index (χ2v) is 6.01. The molecular weight excluding hydrogens is 326 g/mol. The summed E-state index contributed by atoms with van der Waals surface area (Å²) < 4.78 is 16.1. The molecule has 0 aliphatic carbocycles. The van der Waals surface area contributed by atoms with Crippen LogP contribution in [0.5, 0.6) is 5.75 Å². The average molecular weight is 351 g/mol. The third-order valence-corrected chi connectivity index (χ3v) is 3.97. The fourth-order valence-corrected chi connectivity index (χ4v) is 2.54. The third kappa shape index (κ3) is 7.11. The van der Waals surface area contributed by atoms with E-state index in [-0.39, 0.29) is 18.6 Å². The SMILES string of the molecule is CN(Cc1ccc(OCC(=O)O)cc1)C(=O)CCOC1CCOCC1. The summed E-state index contributed by atoms with van der Waals surface area (Å²) >= 11 is 0. The van der Waals surface area contributed by atoms with Crippen LogP contribution in [0.4, 0.5) is 0 Å². The topological polar surface area (TPSA) is 85.3 Å². The molecule has 1 saturated heterocycles. The van der Waals surface area contributed by atoms with Crippen LogP contribution in [0.15, 0.2) is 24.3 Å². The maximum absolute atomic E-state index is 12.2. The maximum Gasteiger partial charge on any atom is 0.341 e. The highest BCUT2D eigenvalue weighted by molar-refractivity contribution is 5.76. The van der Waals surface area contributed by atoms with Crippen molar-refractivity contribution >= 4 is 11.9 Å². The van der Waals surface area contributed by atoms with E-state index in [1.807, 2.05) is 12.1 Å². The molecule has 2 rings (SSSR count). The molecule has 1 heterocycles. The van der Waals surface area contributed by atoms with Crippen LogP contribution in [-0.2, 0) is 25.6 Å². The van der Waals surface area contributed by atoms with E-state index in [4.69, 9.17) is 19.3 Å². The molecule has 0 saturated carbocycles. The maximum atomic E-state index is 12.2. The summed E-state index contributed by atoms with van der Waals surface area (Å²) in [4.78, 5) is 24.3. The van der Waals surface area contributed by atoms with Gasteiger partial charge in [-0.3, -0.25) is 4.79 Å². The molecule has 25 heavy (non-hydrogen) atoms. The Morgan fingerprint density at radius 1 is 1.24 bits per heavy atom. The summed E-state index contributed by atoms with van der Waals surface area (Å²) in [6.07, 6.45) is 2.33. The van der Waals surface area contributed by atoms with Gasteiger partial charge >= 0.3 is 5.97 Å². The predicted molar refractivity (Wildman–Crippen MR) is 90.5 cm³/mol. The Bertz CT molecular complexity index is 553. The Labute approximate surface area is 147 Å². The van der Waals surface area contributed by atoms with Crippen molar-refractivity contribution in [2.45, 2.75) is 31.9 Å². The second-order valence-electron chi connectivity index (χ2n) is 6.01.